The lowest BCUT2D eigenvalue weighted by molar-refractivity contribution is -0.138. The molecule has 0 saturated carbocycles. The number of aldehydes is 1. The summed E-state index contributed by atoms with van der Waals surface area (Å²) in [7, 11) is 0. The summed E-state index contributed by atoms with van der Waals surface area (Å²) in [6, 6.07) is 7.62. The minimum atomic E-state index is -0.685. The molecule has 3 aromatic rings. The molecule has 41 heavy (non-hydrogen) atoms. The number of ketones is 3. The fourth-order valence-corrected chi connectivity index (χ4v) is 6.73. The smallest absolute Gasteiger partial charge is 0.210 e. The average Bonchev–Trinajstić information content (AvgIpc) is 3.75. The molecule has 5 heterocycles. The molecule has 9 rings (SSSR count). The standard InChI is InChI=1S/C33H22N4O4/c1-15-2-7-20(27(39)14-38)29-24-11-17-5-6-19(35-17)13-26-31-22-9-8-21(32(40)33(22)41)30(31)25(37-26)12-18-4-3-16(34-18)10-23(36-24)28(15)29/h2-15,20-22,36-37H,1H3. The van der Waals surface area contributed by atoms with Crippen LogP contribution >= 0.6 is 0 Å². The van der Waals surface area contributed by atoms with Crippen LogP contribution in [0.15, 0.2) is 48.6 Å². The lowest BCUT2D eigenvalue weighted by Gasteiger charge is -2.28. The average molecular weight is 539 g/mol. The number of H-pyrrole nitrogens is 2. The van der Waals surface area contributed by atoms with Crippen LogP contribution in [0.1, 0.15) is 75.6 Å². The first kappa shape index (κ1) is 23.6. The van der Waals surface area contributed by atoms with Crippen LogP contribution in [0.3, 0.4) is 0 Å². The van der Waals surface area contributed by atoms with Crippen LogP contribution in [0.4, 0.5) is 0 Å². The van der Waals surface area contributed by atoms with E-state index in [1.54, 1.807) is 6.08 Å². The van der Waals surface area contributed by atoms with Gasteiger partial charge in [0.25, 0.3) is 0 Å². The van der Waals surface area contributed by atoms with Gasteiger partial charge in [0.2, 0.25) is 17.3 Å². The summed E-state index contributed by atoms with van der Waals surface area (Å²) < 4.78 is 0. The third-order valence-corrected chi connectivity index (χ3v) is 8.52. The Labute approximate surface area is 233 Å². The van der Waals surface area contributed by atoms with Gasteiger partial charge < -0.3 is 9.97 Å². The van der Waals surface area contributed by atoms with Crippen molar-refractivity contribution in [2.24, 2.45) is 0 Å². The number of nitrogens with zero attached hydrogens (tertiary/aromatic N) is 2. The fraction of sp³-hybridized carbons (Fsp3) is 0.152. The van der Waals surface area contributed by atoms with Gasteiger partial charge in [0, 0.05) is 28.0 Å². The zero-order valence-corrected chi connectivity index (χ0v) is 21.8. The quantitative estimate of drug-likeness (QED) is 0.184. The van der Waals surface area contributed by atoms with Gasteiger partial charge in [-0.1, -0.05) is 31.2 Å². The Hall–Kier alpha value is -5.24. The summed E-state index contributed by atoms with van der Waals surface area (Å²) >= 11 is 0. The number of carbonyl (C=O) groups excluding carboxylic acids is 4. The van der Waals surface area contributed by atoms with Crippen LogP contribution in [0.25, 0.3) is 46.4 Å². The third-order valence-electron chi connectivity index (χ3n) is 8.52. The van der Waals surface area contributed by atoms with E-state index in [2.05, 4.69) is 16.9 Å². The summed E-state index contributed by atoms with van der Waals surface area (Å²) in [5.74, 6) is -3.20. The van der Waals surface area contributed by atoms with Crippen molar-refractivity contribution in [2.45, 2.75) is 30.6 Å². The van der Waals surface area contributed by atoms with Gasteiger partial charge in [-0.25, -0.2) is 9.97 Å². The van der Waals surface area contributed by atoms with Crippen molar-refractivity contribution >= 4 is 70.0 Å². The van der Waals surface area contributed by atoms with E-state index in [0.29, 0.717) is 34.6 Å². The molecule has 0 amide bonds. The Morgan fingerprint density at radius 3 is 1.56 bits per heavy atom. The molecule has 198 valence electrons. The highest BCUT2D eigenvalue weighted by Crippen LogP contribution is 2.46. The van der Waals surface area contributed by atoms with Gasteiger partial charge in [0.05, 0.1) is 40.5 Å². The van der Waals surface area contributed by atoms with Gasteiger partial charge >= 0.3 is 0 Å². The topological polar surface area (TPSA) is 126 Å². The summed E-state index contributed by atoms with van der Waals surface area (Å²) in [5, 5.41) is 0. The fourth-order valence-electron chi connectivity index (χ4n) is 6.73. The van der Waals surface area contributed by atoms with E-state index in [-0.39, 0.29) is 11.7 Å². The number of aromatic nitrogens is 4. The number of hydrogen-bond donors (Lipinski definition) is 2. The van der Waals surface area contributed by atoms with E-state index >= 15 is 0 Å². The van der Waals surface area contributed by atoms with Gasteiger partial charge in [-0.15, -0.1) is 0 Å². The molecule has 0 radical (unpaired) electrons. The van der Waals surface area contributed by atoms with E-state index < -0.39 is 29.3 Å². The molecule has 0 aromatic carbocycles. The molecule has 8 nitrogen and oxygen atoms in total. The summed E-state index contributed by atoms with van der Waals surface area (Å²) in [4.78, 5) is 66.4. The molecule has 0 saturated heterocycles. The highest BCUT2D eigenvalue weighted by Gasteiger charge is 2.44. The van der Waals surface area contributed by atoms with Crippen LogP contribution in [0, 0.1) is 0 Å². The predicted molar refractivity (Wildman–Crippen MR) is 155 cm³/mol. The van der Waals surface area contributed by atoms with E-state index in [1.165, 1.54) is 0 Å². The molecule has 4 unspecified atom stereocenters. The maximum atomic E-state index is 12.8. The van der Waals surface area contributed by atoms with Gasteiger partial charge in [-0.2, -0.15) is 0 Å². The van der Waals surface area contributed by atoms with Crippen LogP contribution < -0.4 is 0 Å². The summed E-state index contributed by atoms with van der Waals surface area (Å²) in [6.07, 6.45) is 15.3. The highest BCUT2D eigenvalue weighted by atomic mass is 16.2. The van der Waals surface area contributed by atoms with E-state index in [1.807, 2.05) is 66.8 Å². The predicted octanol–water partition coefficient (Wildman–Crippen LogP) is 5.07. The van der Waals surface area contributed by atoms with Gasteiger partial charge in [0.1, 0.15) is 0 Å². The Kier molecular flexibility index (Phi) is 4.83. The van der Waals surface area contributed by atoms with Crippen molar-refractivity contribution in [1.82, 2.24) is 19.9 Å². The number of hydrogen-bond acceptors (Lipinski definition) is 6. The molecule has 4 aliphatic carbocycles. The molecule has 0 spiro atoms. The highest BCUT2D eigenvalue weighted by molar-refractivity contribution is 6.44. The number of Topliss-reactive ketones (excluding diaryl/α,β-unsaturated/α-hetero) is 3. The number of rotatable bonds is 2. The molecule has 6 aliphatic rings. The van der Waals surface area contributed by atoms with Crippen molar-refractivity contribution in [3.05, 3.63) is 93.6 Å². The third kappa shape index (κ3) is 3.40. The van der Waals surface area contributed by atoms with Gasteiger partial charge in [-0.05, 0) is 70.8 Å². The number of allylic oxidation sites excluding steroid dienone is 4. The van der Waals surface area contributed by atoms with Crippen molar-refractivity contribution in [2.75, 3.05) is 0 Å². The van der Waals surface area contributed by atoms with E-state index in [0.717, 1.165) is 38.8 Å². The molecule has 2 aliphatic heterocycles. The largest absolute Gasteiger partial charge is 0.355 e. The maximum absolute atomic E-state index is 12.8. The maximum Gasteiger partial charge on any atom is 0.210 e. The summed E-state index contributed by atoms with van der Waals surface area (Å²) in [6.45, 7) is 2.06. The first-order valence-electron chi connectivity index (χ1n) is 13.5. The van der Waals surface area contributed by atoms with E-state index in [9.17, 15) is 19.2 Å². The first-order chi connectivity index (χ1) is 19.9. The molecular weight excluding hydrogens is 516 g/mol. The zero-order chi connectivity index (χ0) is 28.0. The lowest BCUT2D eigenvalue weighted by Crippen LogP contribution is -2.35. The van der Waals surface area contributed by atoms with Crippen LogP contribution in [-0.4, -0.2) is 43.6 Å². The van der Waals surface area contributed by atoms with Crippen LogP contribution in [-0.2, 0) is 19.2 Å². The van der Waals surface area contributed by atoms with Crippen molar-refractivity contribution in [1.29, 1.82) is 0 Å². The van der Waals surface area contributed by atoms with E-state index in [4.69, 9.17) is 9.97 Å². The molecule has 2 N–H and O–H groups in total. The molecular formula is C33H22N4O4. The Bertz CT molecular complexity index is 2070. The molecule has 8 heteroatoms. The van der Waals surface area contributed by atoms with Crippen LogP contribution in [0.5, 0.6) is 0 Å². The molecule has 3 aromatic heterocycles. The minimum Gasteiger partial charge on any atom is -0.355 e. The Balaban J connectivity index is 1.47. The SMILES string of the molecule is CC1C=CC(C(=O)C=O)c2c1c1cc3nc(cc4[nH]c(cc5nc(cc2[nH]1)C=C5)c1c4C2C=CC1C(=O)C2=O)C=C3. The Morgan fingerprint density at radius 1 is 0.659 bits per heavy atom. The van der Waals surface area contributed by atoms with Gasteiger partial charge in [-0.3, -0.25) is 19.2 Å². The summed E-state index contributed by atoms with van der Waals surface area (Å²) in [5.41, 5.74) is 9.12. The Morgan fingerprint density at radius 2 is 1.10 bits per heavy atom. The lowest BCUT2D eigenvalue weighted by atomic mass is 9.70. The second kappa shape index (κ2) is 8.38. The minimum absolute atomic E-state index is 0.0113. The molecule has 4 atom stereocenters. The number of aromatic amines is 2. The second-order valence-electron chi connectivity index (χ2n) is 11.0. The monoisotopic (exact) mass is 538 g/mol. The van der Waals surface area contributed by atoms with Gasteiger partial charge in [0.15, 0.2) is 6.29 Å². The van der Waals surface area contributed by atoms with Crippen molar-refractivity contribution in [3.8, 4) is 0 Å². The van der Waals surface area contributed by atoms with Crippen molar-refractivity contribution < 1.29 is 19.2 Å². The molecule has 10 bridgehead atoms. The second-order valence-corrected chi connectivity index (χ2v) is 11.0. The molecule has 0 fully saturated rings. The number of carbonyl (C=O) groups is 4. The normalized spacial score (nSPS) is 23.1. The van der Waals surface area contributed by atoms with Crippen molar-refractivity contribution in [3.63, 3.8) is 0 Å². The number of fused-ring (bicyclic) bond motifs is 12. The number of nitrogens with one attached hydrogen (secondary N) is 2. The van der Waals surface area contributed by atoms with Crippen LogP contribution in [0.2, 0.25) is 0 Å². The zero-order valence-electron chi connectivity index (χ0n) is 21.8. The first-order valence-corrected chi connectivity index (χ1v) is 13.5.